The fourth-order valence-corrected chi connectivity index (χ4v) is 5.12. The highest BCUT2D eigenvalue weighted by Crippen LogP contribution is 2.37. The van der Waals surface area contributed by atoms with Gasteiger partial charge in [0.15, 0.2) is 0 Å². The molecule has 5 heteroatoms. The first kappa shape index (κ1) is 18.4. The van der Waals surface area contributed by atoms with Crippen LogP contribution in [0.5, 0.6) is 0 Å². The van der Waals surface area contributed by atoms with Crippen molar-refractivity contribution < 1.29 is 8.42 Å². The maximum atomic E-state index is 13.1. The summed E-state index contributed by atoms with van der Waals surface area (Å²) in [5.74, 6) is 0. The van der Waals surface area contributed by atoms with Crippen molar-refractivity contribution in [3.63, 3.8) is 0 Å². The summed E-state index contributed by atoms with van der Waals surface area (Å²) in [5, 5.41) is 0.661. The molecule has 0 aromatic heterocycles. The Kier molecular flexibility index (Phi) is 4.97. The van der Waals surface area contributed by atoms with Gasteiger partial charge in [-0.1, -0.05) is 56.6 Å². The van der Waals surface area contributed by atoms with Crippen LogP contribution in [0.3, 0.4) is 0 Å². The summed E-state index contributed by atoms with van der Waals surface area (Å²) in [7, 11) is -3.51. The van der Waals surface area contributed by atoms with Gasteiger partial charge in [0.2, 0.25) is 10.0 Å². The van der Waals surface area contributed by atoms with E-state index in [1.807, 2.05) is 36.4 Å². The number of halogens is 1. The van der Waals surface area contributed by atoms with Crippen LogP contribution in [0.25, 0.3) is 0 Å². The second-order valence-electron chi connectivity index (χ2n) is 7.60. The fraction of sp³-hybridized carbons (Fsp3) is 0.400. The molecule has 134 valence electrons. The molecule has 0 radical (unpaired) electrons. The molecule has 1 saturated heterocycles. The van der Waals surface area contributed by atoms with Gasteiger partial charge in [-0.3, -0.25) is 0 Å². The molecule has 0 aliphatic carbocycles. The van der Waals surface area contributed by atoms with Gasteiger partial charge in [-0.2, -0.15) is 4.31 Å². The van der Waals surface area contributed by atoms with Crippen LogP contribution in [-0.4, -0.2) is 19.3 Å². The molecule has 1 atom stereocenters. The summed E-state index contributed by atoms with van der Waals surface area (Å²) in [6.45, 7) is 6.91. The highest BCUT2D eigenvalue weighted by atomic mass is 35.5. The van der Waals surface area contributed by atoms with Crippen LogP contribution < -0.4 is 0 Å². The van der Waals surface area contributed by atoms with Crippen molar-refractivity contribution >= 4 is 21.6 Å². The van der Waals surface area contributed by atoms with Crippen molar-refractivity contribution in [3.8, 4) is 0 Å². The molecule has 2 aromatic rings. The normalized spacial score (nSPS) is 19.3. The van der Waals surface area contributed by atoms with Crippen molar-refractivity contribution in [2.45, 2.75) is 50.0 Å². The molecule has 1 aliphatic heterocycles. The Balaban J connectivity index is 1.92. The van der Waals surface area contributed by atoms with E-state index in [1.54, 1.807) is 16.4 Å². The molecule has 1 aliphatic rings. The third-order valence-corrected chi connectivity index (χ3v) is 6.96. The molecule has 0 bridgehead atoms. The molecule has 1 heterocycles. The van der Waals surface area contributed by atoms with E-state index >= 15 is 0 Å². The zero-order chi connectivity index (χ0) is 18.2. The summed E-state index contributed by atoms with van der Waals surface area (Å²) < 4.78 is 27.9. The predicted molar refractivity (Wildman–Crippen MR) is 102 cm³/mol. The lowest BCUT2D eigenvalue weighted by molar-refractivity contribution is 0.396. The number of rotatable bonds is 3. The van der Waals surface area contributed by atoms with Gasteiger partial charge in [-0.15, -0.1) is 0 Å². The quantitative estimate of drug-likeness (QED) is 0.740. The Bertz CT molecular complexity index is 837. The second-order valence-corrected chi connectivity index (χ2v) is 9.93. The van der Waals surface area contributed by atoms with Gasteiger partial charge in [-0.05, 0) is 53.6 Å². The Labute approximate surface area is 155 Å². The fourth-order valence-electron chi connectivity index (χ4n) is 3.31. The van der Waals surface area contributed by atoms with Crippen LogP contribution in [0, 0.1) is 0 Å². The first-order valence-electron chi connectivity index (χ1n) is 8.57. The van der Waals surface area contributed by atoms with Crippen LogP contribution in [0.2, 0.25) is 5.02 Å². The lowest BCUT2D eigenvalue weighted by Crippen LogP contribution is -2.30. The largest absolute Gasteiger partial charge is 0.243 e. The first-order valence-corrected chi connectivity index (χ1v) is 10.4. The summed E-state index contributed by atoms with van der Waals surface area (Å²) in [6, 6.07) is 14.6. The average molecular weight is 378 g/mol. The SMILES string of the molecule is CC(C)(C)c1ccc(S(=O)(=O)N2CCCC2c2ccc(Cl)cc2)cc1. The lowest BCUT2D eigenvalue weighted by Gasteiger charge is -2.25. The number of hydrogen-bond donors (Lipinski definition) is 0. The van der Waals surface area contributed by atoms with E-state index in [-0.39, 0.29) is 11.5 Å². The number of sulfonamides is 1. The minimum Gasteiger partial charge on any atom is -0.207 e. The first-order chi connectivity index (χ1) is 11.7. The summed E-state index contributed by atoms with van der Waals surface area (Å²) in [4.78, 5) is 0.362. The Hall–Kier alpha value is -1.36. The minimum absolute atomic E-state index is 0.00176. The van der Waals surface area contributed by atoms with Crippen LogP contribution >= 0.6 is 11.6 Å². The standard InChI is InChI=1S/C20H24ClNO2S/c1-20(2,3)16-8-12-18(13-9-16)25(23,24)22-14-4-5-19(22)15-6-10-17(21)11-7-15/h6-13,19H,4-5,14H2,1-3H3. The Morgan fingerprint density at radius 3 is 2.16 bits per heavy atom. The van der Waals surface area contributed by atoms with Gasteiger partial charge < -0.3 is 0 Å². The molecule has 0 saturated carbocycles. The van der Waals surface area contributed by atoms with Crippen molar-refractivity contribution in [1.82, 2.24) is 4.31 Å². The third-order valence-electron chi connectivity index (χ3n) is 4.79. The van der Waals surface area contributed by atoms with Crippen LogP contribution in [0.1, 0.15) is 50.8 Å². The smallest absolute Gasteiger partial charge is 0.207 e. The third kappa shape index (κ3) is 3.76. The van der Waals surface area contributed by atoms with E-state index in [9.17, 15) is 8.42 Å². The van der Waals surface area contributed by atoms with Gasteiger partial charge >= 0.3 is 0 Å². The van der Waals surface area contributed by atoms with Crippen LogP contribution in [-0.2, 0) is 15.4 Å². The summed E-state index contributed by atoms with van der Waals surface area (Å²) in [5.41, 5.74) is 2.13. The van der Waals surface area contributed by atoms with E-state index in [1.165, 1.54) is 0 Å². The molecular weight excluding hydrogens is 354 g/mol. The molecule has 3 rings (SSSR count). The molecule has 2 aromatic carbocycles. The molecule has 0 amide bonds. The summed E-state index contributed by atoms with van der Waals surface area (Å²) >= 11 is 5.96. The zero-order valence-electron chi connectivity index (χ0n) is 14.9. The highest BCUT2D eigenvalue weighted by molar-refractivity contribution is 7.89. The van der Waals surface area contributed by atoms with Gasteiger partial charge in [0, 0.05) is 11.6 Å². The minimum atomic E-state index is -3.51. The molecule has 25 heavy (non-hydrogen) atoms. The maximum Gasteiger partial charge on any atom is 0.243 e. The van der Waals surface area contributed by atoms with Crippen molar-refractivity contribution in [3.05, 3.63) is 64.7 Å². The molecule has 3 nitrogen and oxygen atoms in total. The molecular formula is C20H24ClNO2S. The van der Waals surface area contributed by atoms with Gasteiger partial charge in [0.25, 0.3) is 0 Å². The van der Waals surface area contributed by atoms with Gasteiger partial charge in [0.1, 0.15) is 0 Å². The molecule has 0 spiro atoms. The Morgan fingerprint density at radius 1 is 1.00 bits per heavy atom. The number of hydrogen-bond acceptors (Lipinski definition) is 2. The highest BCUT2D eigenvalue weighted by Gasteiger charge is 2.36. The van der Waals surface area contributed by atoms with E-state index in [4.69, 9.17) is 11.6 Å². The summed E-state index contributed by atoms with van der Waals surface area (Å²) in [6.07, 6.45) is 1.70. The predicted octanol–water partition coefficient (Wildman–Crippen LogP) is 5.16. The van der Waals surface area contributed by atoms with Crippen LogP contribution in [0.4, 0.5) is 0 Å². The van der Waals surface area contributed by atoms with Crippen molar-refractivity contribution in [2.75, 3.05) is 6.54 Å². The van der Waals surface area contributed by atoms with E-state index in [2.05, 4.69) is 20.8 Å². The van der Waals surface area contributed by atoms with E-state index in [0.717, 1.165) is 24.0 Å². The maximum absolute atomic E-state index is 13.1. The lowest BCUT2D eigenvalue weighted by atomic mass is 9.87. The molecule has 1 unspecified atom stereocenters. The van der Waals surface area contributed by atoms with Crippen LogP contribution in [0.15, 0.2) is 53.4 Å². The van der Waals surface area contributed by atoms with Crippen molar-refractivity contribution in [1.29, 1.82) is 0 Å². The van der Waals surface area contributed by atoms with Gasteiger partial charge in [0.05, 0.1) is 10.9 Å². The average Bonchev–Trinajstić information content (AvgIpc) is 3.05. The number of benzene rings is 2. The molecule has 1 fully saturated rings. The van der Waals surface area contributed by atoms with Gasteiger partial charge in [-0.25, -0.2) is 8.42 Å². The Morgan fingerprint density at radius 2 is 1.60 bits per heavy atom. The van der Waals surface area contributed by atoms with Crippen molar-refractivity contribution in [2.24, 2.45) is 0 Å². The number of nitrogens with zero attached hydrogens (tertiary/aromatic N) is 1. The zero-order valence-corrected chi connectivity index (χ0v) is 16.4. The monoisotopic (exact) mass is 377 g/mol. The molecule has 0 N–H and O–H groups in total. The van der Waals surface area contributed by atoms with E-state index in [0.29, 0.717) is 16.5 Å². The second kappa shape index (κ2) is 6.75. The van der Waals surface area contributed by atoms with E-state index < -0.39 is 10.0 Å². The topological polar surface area (TPSA) is 37.4 Å².